The number of rotatable bonds is 6. The molecule has 0 aromatic heterocycles. The van der Waals surface area contributed by atoms with Crippen LogP contribution in [-0.4, -0.2) is 93.1 Å². The van der Waals surface area contributed by atoms with Gasteiger partial charge in [0.15, 0.2) is 11.5 Å². The molecule has 1 aromatic rings. The van der Waals surface area contributed by atoms with Crippen molar-refractivity contribution >= 4 is 17.6 Å². The Hall–Kier alpha value is -2.60. The Balaban J connectivity index is 1.39. The summed E-state index contributed by atoms with van der Waals surface area (Å²) in [5.41, 5.74) is 0.566. The lowest BCUT2D eigenvalue weighted by Gasteiger charge is -2.44. The smallest absolute Gasteiger partial charge is 0.322 e. The molecule has 4 atom stereocenters. The lowest BCUT2D eigenvalue weighted by Crippen LogP contribution is -2.58. The molecule has 2 fully saturated rings. The van der Waals surface area contributed by atoms with Crippen molar-refractivity contribution in [3.63, 3.8) is 0 Å². The molecule has 3 heterocycles. The number of benzene rings is 1. The number of carbonyl (C=O) groups excluding carboxylic acids is 2. The predicted molar refractivity (Wildman–Crippen MR) is 116 cm³/mol. The maximum Gasteiger partial charge on any atom is 0.322 e. The van der Waals surface area contributed by atoms with E-state index in [2.05, 4.69) is 10.6 Å². The van der Waals surface area contributed by atoms with Gasteiger partial charge in [-0.3, -0.25) is 4.79 Å². The molecule has 4 rings (SSSR count). The number of anilines is 1. The van der Waals surface area contributed by atoms with Crippen molar-refractivity contribution in [3.8, 4) is 11.5 Å². The van der Waals surface area contributed by atoms with Crippen LogP contribution < -0.4 is 20.1 Å². The topological polar surface area (TPSA) is 128 Å². The number of β-amino-alcohol motifs (C(OH)–C–C–N with tert-alkyl or cyclic N) is 1. The van der Waals surface area contributed by atoms with Gasteiger partial charge in [0.2, 0.25) is 12.7 Å². The maximum absolute atomic E-state index is 13.2. The number of nitrogens with one attached hydrogen (secondary N) is 2. The summed E-state index contributed by atoms with van der Waals surface area (Å²) in [5.74, 6) is 1.10. The molecule has 0 unspecified atom stereocenters. The van der Waals surface area contributed by atoms with E-state index in [4.69, 9.17) is 23.7 Å². The van der Waals surface area contributed by atoms with E-state index >= 15 is 0 Å². The van der Waals surface area contributed by atoms with Gasteiger partial charge >= 0.3 is 6.03 Å². The minimum Gasteiger partial charge on any atom is -0.454 e. The number of hydrogen-bond donors (Lipinski definition) is 3. The fraction of sp³-hybridized carbons (Fsp3) is 0.636. The van der Waals surface area contributed by atoms with Gasteiger partial charge in [0.1, 0.15) is 6.10 Å². The van der Waals surface area contributed by atoms with Gasteiger partial charge in [0.05, 0.1) is 51.0 Å². The highest BCUT2D eigenvalue weighted by molar-refractivity contribution is 5.90. The molecule has 0 radical (unpaired) electrons. The number of carbonyl (C=O) groups is 2. The first-order valence-electron chi connectivity index (χ1n) is 11.2. The van der Waals surface area contributed by atoms with Crippen LogP contribution in [0, 0.1) is 0 Å². The zero-order valence-corrected chi connectivity index (χ0v) is 18.7. The van der Waals surface area contributed by atoms with E-state index in [1.807, 2.05) is 0 Å². The molecule has 3 aliphatic rings. The van der Waals surface area contributed by atoms with Crippen molar-refractivity contribution in [2.45, 2.75) is 43.6 Å². The van der Waals surface area contributed by atoms with E-state index in [9.17, 15) is 14.7 Å². The quantitative estimate of drug-likeness (QED) is 0.524. The number of aliphatic hydroxyl groups excluding tert-OH is 1. The Kier molecular flexibility index (Phi) is 7.86. The van der Waals surface area contributed by atoms with Gasteiger partial charge in [-0.2, -0.15) is 0 Å². The van der Waals surface area contributed by atoms with Crippen molar-refractivity contribution in [1.29, 1.82) is 0 Å². The molecule has 33 heavy (non-hydrogen) atoms. The van der Waals surface area contributed by atoms with Gasteiger partial charge in [-0.05, 0) is 25.0 Å². The van der Waals surface area contributed by atoms with Crippen LogP contribution >= 0.6 is 0 Å². The summed E-state index contributed by atoms with van der Waals surface area (Å²) < 4.78 is 27.4. The fourth-order valence-electron chi connectivity index (χ4n) is 4.32. The van der Waals surface area contributed by atoms with Gasteiger partial charge in [0, 0.05) is 25.4 Å². The highest BCUT2D eigenvalue weighted by Crippen LogP contribution is 2.34. The largest absolute Gasteiger partial charge is 0.454 e. The Morgan fingerprint density at radius 3 is 2.91 bits per heavy atom. The van der Waals surface area contributed by atoms with Crippen LogP contribution in [0.4, 0.5) is 10.5 Å². The number of aliphatic hydroxyl groups is 1. The molecule has 3 aliphatic heterocycles. The Labute approximate surface area is 192 Å². The molecule has 2 saturated heterocycles. The van der Waals surface area contributed by atoms with Crippen LogP contribution in [-0.2, 0) is 19.0 Å². The summed E-state index contributed by atoms with van der Waals surface area (Å²) >= 11 is 0. The van der Waals surface area contributed by atoms with Gasteiger partial charge in [0.25, 0.3) is 0 Å². The third-order valence-corrected chi connectivity index (χ3v) is 5.91. The Morgan fingerprint density at radius 1 is 1.21 bits per heavy atom. The monoisotopic (exact) mass is 465 g/mol. The summed E-state index contributed by atoms with van der Waals surface area (Å²) in [6.45, 7) is 1.50. The molecule has 1 aromatic carbocycles. The minimum absolute atomic E-state index is 0.0998. The molecule has 11 heteroatoms. The molecule has 11 nitrogen and oxygen atoms in total. The number of hydrogen-bond acceptors (Lipinski definition) is 8. The Morgan fingerprint density at radius 2 is 2.06 bits per heavy atom. The summed E-state index contributed by atoms with van der Waals surface area (Å²) in [6, 6.07) is 4.55. The van der Waals surface area contributed by atoms with Crippen molar-refractivity contribution in [2.24, 2.45) is 0 Å². The molecule has 0 saturated carbocycles. The molecule has 3 amide bonds. The summed E-state index contributed by atoms with van der Waals surface area (Å²) in [4.78, 5) is 27.0. The second kappa shape index (κ2) is 11.0. The zero-order chi connectivity index (χ0) is 23.2. The lowest BCUT2D eigenvalue weighted by atomic mass is 9.95. The van der Waals surface area contributed by atoms with E-state index in [0.29, 0.717) is 43.2 Å². The predicted octanol–water partition coefficient (Wildman–Crippen LogP) is 0.709. The molecule has 0 aliphatic carbocycles. The van der Waals surface area contributed by atoms with Gasteiger partial charge < -0.3 is 44.3 Å². The molecule has 0 spiro atoms. The maximum atomic E-state index is 13.2. The fourth-order valence-corrected chi connectivity index (χ4v) is 4.32. The van der Waals surface area contributed by atoms with E-state index in [-0.39, 0.29) is 57.1 Å². The first-order valence-corrected chi connectivity index (χ1v) is 11.2. The highest BCUT2D eigenvalue weighted by Gasteiger charge is 2.40. The van der Waals surface area contributed by atoms with Crippen LogP contribution in [0.2, 0.25) is 0 Å². The SMILES string of the molecule is COCCNC(=O)C[C@H]1CC[C@H]2[C@@H](COC[C@H](O)CN2C(=O)Nc2ccc3c(c2)OCO3)O1. The molecule has 3 N–H and O–H groups in total. The second-order valence-electron chi connectivity index (χ2n) is 8.33. The van der Waals surface area contributed by atoms with Crippen LogP contribution in [0.25, 0.3) is 0 Å². The minimum atomic E-state index is -0.808. The second-order valence-corrected chi connectivity index (χ2v) is 8.33. The Bertz CT molecular complexity index is 838. The van der Waals surface area contributed by atoms with Gasteiger partial charge in [-0.25, -0.2) is 4.79 Å². The number of nitrogens with zero attached hydrogens (tertiary/aromatic N) is 1. The first kappa shape index (κ1) is 23.6. The number of fused-ring (bicyclic) bond motifs is 2. The average Bonchev–Trinajstić information content (AvgIpc) is 3.25. The lowest BCUT2D eigenvalue weighted by molar-refractivity contribution is -0.149. The first-order chi connectivity index (χ1) is 16.0. The number of urea groups is 1. The highest BCUT2D eigenvalue weighted by atomic mass is 16.7. The van der Waals surface area contributed by atoms with E-state index in [1.54, 1.807) is 30.2 Å². The van der Waals surface area contributed by atoms with Crippen molar-refractivity contribution in [3.05, 3.63) is 18.2 Å². The summed E-state index contributed by atoms with van der Waals surface area (Å²) in [6.07, 6.45) is 0.0105. The molecular formula is C22H31N3O8. The number of ether oxygens (including phenoxy) is 5. The van der Waals surface area contributed by atoms with E-state index < -0.39 is 12.2 Å². The molecule has 0 bridgehead atoms. The van der Waals surface area contributed by atoms with Crippen molar-refractivity contribution < 1.29 is 38.4 Å². The summed E-state index contributed by atoms with van der Waals surface area (Å²) in [5, 5.41) is 16.0. The van der Waals surface area contributed by atoms with Crippen LogP contribution in [0.15, 0.2) is 18.2 Å². The third kappa shape index (κ3) is 6.05. The zero-order valence-electron chi connectivity index (χ0n) is 18.7. The standard InChI is InChI=1S/C22H31N3O8/c1-29-7-6-23-21(27)9-16-3-4-17-20(33-16)12-30-11-15(26)10-25(17)22(28)24-14-2-5-18-19(8-14)32-13-31-18/h2,5,8,15-17,20,26H,3-4,6-7,9-13H2,1H3,(H,23,27)(H,24,28)/t15-,16-,17+,20-/m1/s1. The van der Waals surface area contributed by atoms with Crippen molar-refractivity contribution in [1.82, 2.24) is 10.2 Å². The van der Waals surface area contributed by atoms with Gasteiger partial charge in [-0.1, -0.05) is 0 Å². The third-order valence-electron chi connectivity index (χ3n) is 5.91. The summed E-state index contributed by atoms with van der Waals surface area (Å²) in [7, 11) is 1.58. The van der Waals surface area contributed by atoms with Gasteiger partial charge in [-0.15, -0.1) is 0 Å². The number of amides is 3. The normalized spacial score (nSPS) is 26.7. The van der Waals surface area contributed by atoms with Crippen molar-refractivity contribution in [2.75, 3.05) is 52.1 Å². The molecule has 182 valence electrons. The van der Waals surface area contributed by atoms with Crippen LogP contribution in [0.1, 0.15) is 19.3 Å². The molecular weight excluding hydrogens is 434 g/mol. The van der Waals surface area contributed by atoms with E-state index in [1.165, 1.54) is 0 Å². The number of methoxy groups -OCH3 is 1. The van der Waals surface area contributed by atoms with Crippen LogP contribution in [0.5, 0.6) is 11.5 Å². The van der Waals surface area contributed by atoms with Crippen LogP contribution in [0.3, 0.4) is 0 Å². The van der Waals surface area contributed by atoms with E-state index in [0.717, 1.165) is 0 Å². The average molecular weight is 466 g/mol.